The van der Waals surface area contributed by atoms with Crippen molar-refractivity contribution in [3.05, 3.63) is 39.9 Å². The number of rotatable bonds is 1. The summed E-state index contributed by atoms with van der Waals surface area (Å²) in [5.74, 6) is 1.39. The predicted octanol–water partition coefficient (Wildman–Crippen LogP) is 1.63. The van der Waals surface area contributed by atoms with Gasteiger partial charge in [-0.3, -0.25) is 13.8 Å². The molecule has 0 atom stereocenters. The van der Waals surface area contributed by atoms with E-state index < -0.39 is 0 Å². The number of nitrogens with zero attached hydrogens (tertiary/aromatic N) is 4. The topological polar surface area (TPSA) is 52.2 Å². The Bertz CT molecular complexity index is 818. The summed E-state index contributed by atoms with van der Waals surface area (Å²) in [4.78, 5) is 12.2. The second-order valence-electron chi connectivity index (χ2n) is 4.27. The van der Waals surface area contributed by atoms with E-state index in [0.717, 1.165) is 11.1 Å². The molecule has 92 valence electrons. The van der Waals surface area contributed by atoms with Gasteiger partial charge in [-0.05, 0) is 19.1 Å². The van der Waals surface area contributed by atoms with E-state index in [1.54, 1.807) is 7.05 Å². The lowest BCUT2D eigenvalue weighted by molar-refractivity contribution is 0.857. The van der Waals surface area contributed by atoms with Crippen LogP contribution in [0.2, 0.25) is 0 Å². The number of hydrogen-bond acceptors (Lipinski definition) is 3. The van der Waals surface area contributed by atoms with Gasteiger partial charge in [-0.15, -0.1) is 21.8 Å². The lowest BCUT2D eigenvalue weighted by atomic mass is 10.1. The molecule has 0 saturated heterocycles. The molecule has 3 aromatic rings. The summed E-state index contributed by atoms with van der Waals surface area (Å²) >= 11 is 5.86. The van der Waals surface area contributed by atoms with E-state index in [-0.39, 0.29) is 11.4 Å². The van der Waals surface area contributed by atoms with Crippen LogP contribution in [0.15, 0.2) is 23.0 Å². The van der Waals surface area contributed by atoms with Gasteiger partial charge in [0.25, 0.3) is 5.56 Å². The van der Waals surface area contributed by atoms with Crippen molar-refractivity contribution in [2.75, 3.05) is 0 Å². The summed E-state index contributed by atoms with van der Waals surface area (Å²) in [6.45, 7) is 1.96. The van der Waals surface area contributed by atoms with Crippen LogP contribution in [0.4, 0.5) is 0 Å². The number of fused-ring (bicyclic) bond motifs is 3. The maximum absolute atomic E-state index is 12.2. The number of benzene rings is 1. The molecular weight excluding hydrogens is 252 g/mol. The predicted molar refractivity (Wildman–Crippen MR) is 70.0 cm³/mol. The van der Waals surface area contributed by atoms with Crippen molar-refractivity contribution in [3.8, 4) is 0 Å². The summed E-state index contributed by atoms with van der Waals surface area (Å²) in [6.07, 6.45) is 0. The van der Waals surface area contributed by atoms with Gasteiger partial charge in [0.15, 0.2) is 5.82 Å². The second kappa shape index (κ2) is 3.81. The average Bonchev–Trinajstić information content (AvgIpc) is 2.80. The van der Waals surface area contributed by atoms with E-state index >= 15 is 0 Å². The van der Waals surface area contributed by atoms with Crippen LogP contribution in [0.3, 0.4) is 0 Å². The van der Waals surface area contributed by atoms with E-state index in [1.807, 2.05) is 29.5 Å². The Morgan fingerprint density at radius 3 is 2.83 bits per heavy atom. The average molecular weight is 263 g/mol. The third-order valence-electron chi connectivity index (χ3n) is 3.06. The molecule has 0 bridgehead atoms. The van der Waals surface area contributed by atoms with Crippen LogP contribution in [0.5, 0.6) is 0 Å². The van der Waals surface area contributed by atoms with E-state index in [4.69, 9.17) is 11.6 Å². The SMILES string of the molecule is Cc1ccc2c(c1)c(=O)n(C)c1nnc(CCl)n21. The highest BCUT2D eigenvalue weighted by Crippen LogP contribution is 2.16. The molecular formula is C12H11ClN4O. The Kier molecular flexibility index (Phi) is 2.38. The molecule has 0 amide bonds. The van der Waals surface area contributed by atoms with Crippen LogP contribution < -0.4 is 5.56 Å². The first kappa shape index (κ1) is 11.2. The minimum atomic E-state index is -0.0743. The highest BCUT2D eigenvalue weighted by atomic mass is 35.5. The fraction of sp³-hybridized carbons (Fsp3) is 0.250. The zero-order chi connectivity index (χ0) is 12.9. The third-order valence-corrected chi connectivity index (χ3v) is 3.30. The van der Waals surface area contributed by atoms with Gasteiger partial charge in [0.05, 0.1) is 16.8 Å². The van der Waals surface area contributed by atoms with Crippen LogP contribution in [-0.4, -0.2) is 19.2 Å². The van der Waals surface area contributed by atoms with Crippen LogP contribution in [0.1, 0.15) is 11.4 Å². The molecule has 6 heteroatoms. The summed E-state index contributed by atoms with van der Waals surface area (Å²) in [7, 11) is 1.69. The molecule has 0 aliphatic rings. The minimum absolute atomic E-state index is 0.0743. The first-order chi connectivity index (χ1) is 8.63. The fourth-order valence-corrected chi connectivity index (χ4v) is 2.32. The number of hydrogen-bond donors (Lipinski definition) is 0. The monoisotopic (exact) mass is 262 g/mol. The lowest BCUT2D eigenvalue weighted by Gasteiger charge is -2.07. The normalized spacial score (nSPS) is 11.5. The maximum atomic E-state index is 12.2. The smallest absolute Gasteiger partial charge is 0.262 e. The summed E-state index contributed by atoms with van der Waals surface area (Å²) in [5.41, 5.74) is 1.76. The molecule has 0 saturated carbocycles. The first-order valence-electron chi connectivity index (χ1n) is 5.53. The number of alkyl halides is 1. The fourth-order valence-electron chi connectivity index (χ4n) is 2.15. The molecule has 5 nitrogen and oxygen atoms in total. The van der Waals surface area contributed by atoms with E-state index in [9.17, 15) is 4.79 Å². The Morgan fingerprint density at radius 2 is 2.11 bits per heavy atom. The van der Waals surface area contributed by atoms with Gasteiger partial charge in [-0.1, -0.05) is 11.6 Å². The molecule has 0 N–H and O–H groups in total. The highest BCUT2D eigenvalue weighted by molar-refractivity contribution is 6.16. The summed E-state index contributed by atoms with van der Waals surface area (Å²) in [5, 5.41) is 8.67. The quantitative estimate of drug-likeness (QED) is 0.627. The molecule has 2 aromatic heterocycles. The van der Waals surface area contributed by atoms with Crippen LogP contribution in [0.25, 0.3) is 16.7 Å². The first-order valence-corrected chi connectivity index (χ1v) is 6.06. The second-order valence-corrected chi connectivity index (χ2v) is 4.54. The van der Waals surface area contributed by atoms with Gasteiger partial charge in [0.2, 0.25) is 5.78 Å². The Morgan fingerprint density at radius 1 is 1.33 bits per heavy atom. The van der Waals surface area contributed by atoms with Crippen molar-refractivity contribution in [2.24, 2.45) is 7.05 Å². The van der Waals surface area contributed by atoms with Crippen molar-refractivity contribution in [2.45, 2.75) is 12.8 Å². The van der Waals surface area contributed by atoms with Gasteiger partial charge in [0, 0.05) is 7.05 Å². The van der Waals surface area contributed by atoms with Crippen LogP contribution in [-0.2, 0) is 12.9 Å². The van der Waals surface area contributed by atoms with Crippen molar-refractivity contribution in [3.63, 3.8) is 0 Å². The van der Waals surface area contributed by atoms with Crippen molar-refractivity contribution >= 4 is 28.3 Å². The molecule has 1 aromatic carbocycles. The van der Waals surface area contributed by atoms with Gasteiger partial charge < -0.3 is 0 Å². The Labute approximate surface area is 108 Å². The Hall–Kier alpha value is -1.88. The molecule has 3 rings (SSSR count). The van der Waals surface area contributed by atoms with Crippen LogP contribution in [0, 0.1) is 6.92 Å². The number of aromatic nitrogens is 4. The zero-order valence-electron chi connectivity index (χ0n) is 10.0. The molecule has 0 aliphatic carbocycles. The van der Waals surface area contributed by atoms with Gasteiger partial charge in [-0.2, -0.15) is 0 Å². The molecule has 0 spiro atoms. The molecule has 0 unspecified atom stereocenters. The van der Waals surface area contributed by atoms with Gasteiger partial charge in [0.1, 0.15) is 0 Å². The van der Waals surface area contributed by atoms with E-state index in [0.29, 0.717) is 17.0 Å². The van der Waals surface area contributed by atoms with Gasteiger partial charge >= 0.3 is 0 Å². The molecule has 18 heavy (non-hydrogen) atoms. The van der Waals surface area contributed by atoms with Crippen molar-refractivity contribution in [1.29, 1.82) is 0 Å². The maximum Gasteiger partial charge on any atom is 0.262 e. The van der Waals surface area contributed by atoms with Crippen molar-refractivity contribution < 1.29 is 0 Å². The summed E-state index contributed by atoms with van der Waals surface area (Å²) in [6, 6.07) is 5.73. The highest BCUT2D eigenvalue weighted by Gasteiger charge is 2.13. The van der Waals surface area contributed by atoms with E-state index in [1.165, 1.54) is 4.57 Å². The van der Waals surface area contributed by atoms with Crippen LogP contribution >= 0.6 is 11.6 Å². The summed E-state index contributed by atoms with van der Waals surface area (Å²) < 4.78 is 3.31. The molecule has 0 radical (unpaired) electrons. The minimum Gasteiger partial charge on any atom is -0.279 e. The third kappa shape index (κ3) is 1.37. The van der Waals surface area contributed by atoms with Crippen molar-refractivity contribution in [1.82, 2.24) is 19.2 Å². The van der Waals surface area contributed by atoms with Gasteiger partial charge in [-0.25, -0.2) is 0 Å². The lowest BCUT2D eigenvalue weighted by Crippen LogP contribution is -2.20. The largest absolute Gasteiger partial charge is 0.279 e. The standard InChI is InChI=1S/C12H11ClN4O/c1-7-3-4-9-8(5-7)11(18)16(2)12-15-14-10(6-13)17(9)12/h3-5H,6H2,1-2H3. The molecule has 2 heterocycles. The number of halogens is 1. The zero-order valence-corrected chi connectivity index (χ0v) is 10.8. The molecule has 0 aliphatic heterocycles. The molecule has 0 fully saturated rings. The number of aryl methyl sites for hydroxylation is 2. The Balaban J connectivity index is 2.66. The van der Waals surface area contributed by atoms with E-state index in [2.05, 4.69) is 10.2 Å².